The van der Waals surface area contributed by atoms with Gasteiger partial charge in [-0.3, -0.25) is 0 Å². The summed E-state index contributed by atoms with van der Waals surface area (Å²) in [6.45, 7) is 5.35. The number of hydrogen-bond donors (Lipinski definition) is 1. The first-order valence-electron chi connectivity index (χ1n) is 7.53. The fraction of sp³-hybridized carbons (Fsp3) is 0.625. The molecule has 0 aromatic heterocycles. The Bertz CT molecular complexity index is 360. The summed E-state index contributed by atoms with van der Waals surface area (Å²) >= 11 is 0. The van der Waals surface area contributed by atoms with Crippen molar-refractivity contribution < 1.29 is 4.39 Å². The predicted molar refractivity (Wildman–Crippen MR) is 79.2 cm³/mol. The van der Waals surface area contributed by atoms with E-state index in [9.17, 15) is 4.39 Å². The standard InChI is InChI=1S/C16H25FN2/c1-2-19(16-10-6-14(17)7-11-16)13-5-3-4-12-18-15-8-9-15/h6-7,10-11,15,18H,2-5,8-9,12-13H2,1H3. The van der Waals surface area contributed by atoms with Crippen molar-refractivity contribution in [1.29, 1.82) is 0 Å². The van der Waals surface area contributed by atoms with Crippen molar-refractivity contribution in [3.8, 4) is 0 Å². The van der Waals surface area contributed by atoms with E-state index >= 15 is 0 Å². The van der Waals surface area contributed by atoms with Gasteiger partial charge in [0, 0.05) is 24.8 Å². The molecule has 0 saturated heterocycles. The first-order chi connectivity index (χ1) is 9.29. The Morgan fingerprint density at radius 2 is 1.89 bits per heavy atom. The fourth-order valence-electron chi connectivity index (χ4n) is 2.32. The van der Waals surface area contributed by atoms with Gasteiger partial charge in [-0.05, 0) is 63.4 Å². The lowest BCUT2D eigenvalue weighted by molar-refractivity contribution is 0.595. The van der Waals surface area contributed by atoms with Gasteiger partial charge in [0.1, 0.15) is 5.82 Å². The molecule has 1 aromatic carbocycles. The van der Waals surface area contributed by atoms with Gasteiger partial charge in [-0.2, -0.15) is 0 Å². The molecule has 1 N–H and O–H groups in total. The number of hydrogen-bond acceptors (Lipinski definition) is 2. The molecule has 0 bridgehead atoms. The zero-order valence-electron chi connectivity index (χ0n) is 11.9. The molecule has 1 aliphatic carbocycles. The fourth-order valence-corrected chi connectivity index (χ4v) is 2.32. The Labute approximate surface area is 116 Å². The normalized spacial score (nSPS) is 14.6. The van der Waals surface area contributed by atoms with Gasteiger partial charge < -0.3 is 10.2 Å². The van der Waals surface area contributed by atoms with Crippen LogP contribution in [-0.4, -0.2) is 25.7 Å². The third kappa shape index (κ3) is 5.19. The van der Waals surface area contributed by atoms with E-state index in [1.807, 2.05) is 12.1 Å². The highest BCUT2D eigenvalue weighted by molar-refractivity contribution is 5.45. The topological polar surface area (TPSA) is 15.3 Å². The number of rotatable bonds is 9. The lowest BCUT2D eigenvalue weighted by Crippen LogP contribution is -2.24. The van der Waals surface area contributed by atoms with Crippen LogP contribution in [-0.2, 0) is 0 Å². The average molecular weight is 264 g/mol. The van der Waals surface area contributed by atoms with Gasteiger partial charge >= 0.3 is 0 Å². The number of nitrogens with one attached hydrogen (secondary N) is 1. The highest BCUT2D eigenvalue weighted by Crippen LogP contribution is 2.18. The molecule has 3 heteroatoms. The van der Waals surface area contributed by atoms with Crippen LogP contribution in [0, 0.1) is 5.82 Å². The molecule has 0 spiro atoms. The molecular formula is C16H25FN2. The largest absolute Gasteiger partial charge is 0.372 e. The van der Waals surface area contributed by atoms with Gasteiger partial charge in [-0.25, -0.2) is 4.39 Å². The molecule has 1 aromatic rings. The van der Waals surface area contributed by atoms with E-state index < -0.39 is 0 Å². The summed E-state index contributed by atoms with van der Waals surface area (Å²) < 4.78 is 12.9. The number of halogens is 1. The van der Waals surface area contributed by atoms with E-state index in [1.165, 1.54) is 44.2 Å². The van der Waals surface area contributed by atoms with Gasteiger partial charge in [-0.15, -0.1) is 0 Å². The van der Waals surface area contributed by atoms with Crippen LogP contribution in [0.4, 0.5) is 10.1 Å². The molecule has 0 heterocycles. The summed E-state index contributed by atoms with van der Waals surface area (Å²) in [7, 11) is 0. The van der Waals surface area contributed by atoms with Crippen LogP contribution in [0.25, 0.3) is 0 Å². The van der Waals surface area contributed by atoms with Crippen molar-refractivity contribution in [3.05, 3.63) is 30.1 Å². The van der Waals surface area contributed by atoms with Crippen molar-refractivity contribution >= 4 is 5.69 Å². The third-order valence-electron chi connectivity index (χ3n) is 3.69. The van der Waals surface area contributed by atoms with E-state index in [1.54, 1.807) is 0 Å². The molecule has 1 fully saturated rings. The molecule has 1 aliphatic rings. The van der Waals surface area contributed by atoms with Crippen molar-refractivity contribution in [2.75, 3.05) is 24.5 Å². The molecule has 106 valence electrons. The van der Waals surface area contributed by atoms with Crippen LogP contribution < -0.4 is 10.2 Å². The summed E-state index contributed by atoms with van der Waals surface area (Å²) in [5, 5.41) is 3.54. The van der Waals surface area contributed by atoms with E-state index in [0.29, 0.717) is 0 Å². The van der Waals surface area contributed by atoms with Crippen LogP contribution in [0.15, 0.2) is 24.3 Å². The summed E-state index contributed by atoms with van der Waals surface area (Å²) in [6, 6.07) is 7.64. The van der Waals surface area contributed by atoms with Crippen LogP contribution in [0.5, 0.6) is 0 Å². The van der Waals surface area contributed by atoms with Crippen LogP contribution in [0.3, 0.4) is 0 Å². The Kier molecular flexibility index (Phi) is 5.64. The molecule has 2 rings (SSSR count). The van der Waals surface area contributed by atoms with Crippen molar-refractivity contribution in [1.82, 2.24) is 5.32 Å². The minimum atomic E-state index is -0.161. The summed E-state index contributed by atoms with van der Waals surface area (Å²) in [5.41, 5.74) is 1.13. The average Bonchev–Trinajstić information content (AvgIpc) is 3.24. The molecule has 0 aliphatic heterocycles. The number of nitrogens with zero attached hydrogens (tertiary/aromatic N) is 1. The second-order valence-electron chi connectivity index (χ2n) is 5.35. The Hall–Kier alpha value is -1.09. The second-order valence-corrected chi connectivity index (χ2v) is 5.35. The summed E-state index contributed by atoms with van der Waals surface area (Å²) in [6.07, 6.45) is 6.47. The first-order valence-corrected chi connectivity index (χ1v) is 7.53. The predicted octanol–water partition coefficient (Wildman–Crippen LogP) is 3.57. The van der Waals surface area contributed by atoms with E-state index in [0.717, 1.165) is 31.4 Å². The number of benzene rings is 1. The Balaban J connectivity index is 1.62. The van der Waals surface area contributed by atoms with Crippen LogP contribution in [0.1, 0.15) is 39.0 Å². The van der Waals surface area contributed by atoms with Gasteiger partial charge in [-0.1, -0.05) is 6.42 Å². The maximum atomic E-state index is 12.9. The van der Waals surface area contributed by atoms with Crippen LogP contribution >= 0.6 is 0 Å². The molecule has 0 unspecified atom stereocenters. The highest BCUT2D eigenvalue weighted by atomic mass is 19.1. The molecule has 0 radical (unpaired) electrons. The lowest BCUT2D eigenvalue weighted by Gasteiger charge is -2.23. The van der Waals surface area contributed by atoms with Crippen molar-refractivity contribution in [2.45, 2.75) is 45.1 Å². The minimum Gasteiger partial charge on any atom is -0.372 e. The second kappa shape index (κ2) is 7.49. The van der Waals surface area contributed by atoms with Crippen molar-refractivity contribution in [3.63, 3.8) is 0 Å². The first kappa shape index (κ1) is 14.3. The molecule has 2 nitrogen and oxygen atoms in total. The van der Waals surface area contributed by atoms with Gasteiger partial charge in [0.2, 0.25) is 0 Å². The summed E-state index contributed by atoms with van der Waals surface area (Å²) in [5.74, 6) is -0.161. The minimum absolute atomic E-state index is 0.161. The van der Waals surface area contributed by atoms with E-state index in [4.69, 9.17) is 0 Å². The SMILES string of the molecule is CCN(CCCCCNC1CC1)c1ccc(F)cc1. The van der Waals surface area contributed by atoms with E-state index in [2.05, 4.69) is 17.1 Å². The Morgan fingerprint density at radius 3 is 2.53 bits per heavy atom. The number of unbranched alkanes of at least 4 members (excludes halogenated alkanes) is 2. The Morgan fingerprint density at radius 1 is 1.16 bits per heavy atom. The van der Waals surface area contributed by atoms with Gasteiger partial charge in [0.25, 0.3) is 0 Å². The maximum Gasteiger partial charge on any atom is 0.123 e. The van der Waals surface area contributed by atoms with Crippen molar-refractivity contribution in [2.24, 2.45) is 0 Å². The number of anilines is 1. The summed E-state index contributed by atoms with van der Waals surface area (Å²) in [4.78, 5) is 2.31. The van der Waals surface area contributed by atoms with Crippen LogP contribution in [0.2, 0.25) is 0 Å². The van der Waals surface area contributed by atoms with E-state index in [-0.39, 0.29) is 5.82 Å². The zero-order chi connectivity index (χ0) is 13.5. The molecular weight excluding hydrogens is 239 g/mol. The third-order valence-corrected chi connectivity index (χ3v) is 3.69. The molecule has 1 saturated carbocycles. The monoisotopic (exact) mass is 264 g/mol. The van der Waals surface area contributed by atoms with Gasteiger partial charge in [0.05, 0.1) is 0 Å². The quantitative estimate of drug-likeness (QED) is 0.686. The molecule has 0 atom stereocenters. The zero-order valence-corrected chi connectivity index (χ0v) is 11.9. The highest BCUT2D eigenvalue weighted by Gasteiger charge is 2.19. The maximum absolute atomic E-state index is 12.9. The molecule has 0 amide bonds. The molecule has 19 heavy (non-hydrogen) atoms. The van der Waals surface area contributed by atoms with Gasteiger partial charge in [0.15, 0.2) is 0 Å². The lowest BCUT2D eigenvalue weighted by atomic mass is 10.2. The smallest absolute Gasteiger partial charge is 0.123 e.